The number of benzene rings is 1. The Labute approximate surface area is 161 Å². The van der Waals surface area contributed by atoms with E-state index in [1.165, 1.54) is 0 Å². The smallest absolute Gasteiger partial charge is 0.258 e. The summed E-state index contributed by atoms with van der Waals surface area (Å²) in [5.41, 5.74) is 4.31. The third-order valence-corrected chi connectivity index (χ3v) is 4.30. The van der Waals surface area contributed by atoms with Crippen molar-refractivity contribution >= 4 is 11.6 Å². The number of methoxy groups -OCH3 is 1. The van der Waals surface area contributed by atoms with Crippen LogP contribution in [-0.4, -0.2) is 45.5 Å². The molecule has 8 nitrogen and oxygen atoms in total. The molecular weight excluding hydrogens is 354 g/mol. The first kappa shape index (κ1) is 17.4. The molecule has 0 N–H and O–H groups in total. The second-order valence-corrected chi connectivity index (χ2v) is 6.29. The van der Waals surface area contributed by atoms with Gasteiger partial charge in [-0.15, -0.1) is 0 Å². The molecule has 0 aliphatic carbocycles. The van der Waals surface area contributed by atoms with Gasteiger partial charge in [-0.3, -0.25) is 4.40 Å². The van der Waals surface area contributed by atoms with E-state index in [1.807, 2.05) is 41.7 Å². The lowest BCUT2D eigenvalue weighted by molar-refractivity contribution is 0.401. The maximum atomic E-state index is 9.08. The lowest BCUT2D eigenvalue weighted by Crippen LogP contribution is -2.12. The van der Waals surface area contributed by atoms with Crippen LogP contribution in [0.1, 0.15) is 5.56 Å². The van der Waals surface area contributed by atoms with E-state index in [9.17, 15) is 0 Å². The average Bonchev–Trinajstić information content (AvgIpc) is 3.22. The van der Waals surface area contributed by atoms with E-state index in [2.05, 4.69) is 21.0 Å². The monoisotopic (exact) mass is 371 g/mol. The zero-order chi connectivity index (χ0) is 19.7. The molecule has 0 bridgehead atoms. The van der Waals surface area contributed by atoms with Crippen LogP contribution in [-0.2, 0) is 0 Å². The number of nitriles is 1. The van der Waals surface area contributed by atoms with Gasteiger partial charge in [0.05, 0.1) is 30.1 Å². The molecule has 0 unspecified atom stereocenters. The zero-order valence-corrected chi connectivity index (χ0v) is 15.7. The number of nitrogens with zero attached hydrogens (tertiary/aromatic N) is 7. The van der Waals surface area contributed by atoms with E-state index in [-0.39, 0.29) is 0 Å². The Morgan fingerprint density at radius 2 is 1.75 bits per heavy atom. The first-order valence-electron chi connectivity index (χ1n) is 8.53. The number of ether oxygens (including phenoxy) is 1. The van der Waals surface area contributed by atoms with E-state index in [0.29, 0.717) is 28.7 Å². The summed E-state index contributed by atoms with van der Waals surface area (Å²) in [6, 6.07) is 9.38. The van der Waals surface area contributed by atoms with Gasteiger partial charge in [-0.25, -0.2) is 19.9 Å². The Morgan fingerprint density at radius 3 is 2.36 bits per heavy atom. The molecule has 3 heterocycles. The van der Waals surface area contributed by atoms with E-state index >= 15 is 0 Å². The molecule has 0 aliphatic rings. The number of rotatable bonds is 4. The molecule has 1 aromatic carbocycles. The van der Waals surface area contributed by atoms with Gasteiger partial charge >= 0.3 is 0 Å². The van der Waals surface area contributed by atoms with Crippen molar-refractivity contribution in [2.75, 3.05) is 26.1 Å². The highest BCUT2D eigenvalue weighted by molar-refractivity contribution is 5.81. The van der Waals surface area contributed by atoms with Gasteiger partial charge in [-0.05, 0) is 12.1 Å². The van der Waals surface area contributed by atoms with Gasteiger partial charge in [0.1, 0.15) is 0 Å². The number of hydrogen-bond donors (Lipinski definition) is 0. The van der Waals surface area contributed by atoms with E-state index < -0.39 is 0 Å². The van der Waals surface area contributed by atoms with Gasteiger partial charge in [0.2, 0.25) is 11.6 Å². The van der Waals surface area contributed by atoms with Gasteiger partial charge in [0, 0.05) is 50.0 Å². The summed E-state index contributed by atoms with van der Waals surface area (Å²) in [4.78, 5) is 19.8. The standard InChI is InChI=1S/C20H17N7O/c1-26(2)20-23-11-15(12-24-20)17-16(14-6-4-13(10-21)5-7-14)25-19(28-3)18-22-8-9-27(17)18/h4-9,11-12H,1-3H3. The number of fused-ring (bicyclic) bond motifs is 1. The van der Waals surface area contributed by atoms with Crippen LogP contribution in [0.5, 0.6) is 5.88 Å². The van der Waals surface area contributed by atoms with Crippen LogP contribution in [0.3, 0.4) is 0 Å². The maximum Gasteiger partial charge on any atom is 0.258 e. The van der Waals surface area contributed by atoms with Gasteiger partial charge < -0.3 is 9.64 Å². The van der Waals surface area contributed by atoms with Crippen LogP contribution in [0.2, 0.25) is 0 Å². The average molecular weight is 371 g/mol. The SMILES string of the molecule is COc1nc(-c2ccc(C#N)cc2)c(-c2cnc(N(C)C)nc2)n2ccnc12. The normalized spacial score (nSPS) is 10.6. The van der Waals surface area contributed by atoms with Crippen LogP contribution < -0.4 is 9.64 Å². The summed E-state index contributed by atoms with van der Waals surface area (Å²) in [6.07, 6.45) is 7.07. The summed E-state index contributed by atoms with van der Waals surface area (Å²) < 4.78 is 7.36. The van der Waals surface area contributed by atoms with Crippen molar-refractivity contribution in [1.82, 2.24) is 24.3 Å². The van der Waals surface area contributed by atoms with Gasteiger partial charge in [-0.2, -0.15) is 5.26 Å². The number of anilines is 1. The van der Waals surface area contributed by atoms with Crippen molar-refractivity contribution in [1.29, 1.82) is 5.26 Å². The predicted molar refractivity (Wildman–Crippen MR) is 105 cm³/mol. The Balaban J connectivity index is 1.99. The lowest BCUT2D eigenvalue weighted by atomic mass is 10.0. The highest BCUT2D eigenvalue weighted by atomic mass is 16.5. The fraction of sp³-hybridized carbons (Fsp3) is 0.150. The minimum atomic E-state index is 0.416. The van der Waals surface area contributed by atoms with Crippen molar-refractivity contribution in [3.8, 4) is 34.5 Å². The van der Waals surface area contributed by atoms with E-state index in [0.717, 1.165) is 16.8 Å². The molecule has 8 heteroatoms. The van der Waals surface area contributed by atoms with Crippen molar-refractivity contribution < 1.29 is 4.74 Å². The third-order valence-electron chi connectivity index (χ3n) is 4.30. The molecule has 0 fully saturated rings. The molecule has 138 valence electrons. The molecule has 0 saturated heterocycles. The molecule has 0 radical (unpaired) electrons. The van der Waals surface area contributed by atoms with Crippen LogP contribution in [0.4, 0.5) is 5.95 Å². The first-order valence-corrected chi connectivity index (χ1v) is 8.53. The van der Waals surface area contributed by atoms with Crippen molar-refractivity contribution in [3.05, 3.63) is 54.6 Å². The first-order chi connectivity index (χ1) is 13.6. The summed E-state index contributed by atoms with van der Waals surface area (Å²) in [5, 5.41) is 9.08. The van der Waals surface area contributed by atoms with Crippen molar-refractivity contribution in [2.45, 2.75) is 0 Å². The third kappa shape index (κ3) is 2.89. The fourth-order valence-electron chi connectivity index (χ4n) is 2.95. The second kappa shape index (κ2) is 6.96. The second-order valence-electron chi connectivity index (χ2n) is 6.29. The highest BCUT2D eigenvalue weighted by Gasteiger charge is 2.19. The maximum absolute atomic E-state index is 9.08. The topological polar surface area (TPSA) is 92.2 Å². The Morgan fingerprint density at radius 1 is 1.04 bits per heavy atom. The molecular formula is C20H17N7O. The highest BCUT2D eigenvalue weighted by Crippen LogP contribution is 2.34. The summed E-state index contributed by atoms with van der Waals surface area (Å²) in [7, 11) is 5.34. The van der Waals surface area contributed by atoms with Crippen LogP contribution in [0.25, 0.3) is 28.2 Å². The van der Waals surface area contributed by atoms with Gasteiger partial charge in [0.25, 0.3) is 5.88 Å². The molecule has 0 aliphatic heterocycles. The molecule has 0 saturated carbocycles. The van der Waals surface area contributed by atoms with Crippen LogP contribution in [0, 0.1) is 11.3 Å². The molecule has 0 spiro atoms. The van der Waals surface area contributed by atoms with Gasteiger partial charge in [0.15, 0.2) is 0 Å². The summed E-state index contributed by atoms with van der Waals surface area (Å²) in [5.74, 6) is 1.03. The quantitative estimate of drug-likeness (QED) is 0.544. The molecule has 4 aromatic rings. The van der Waals surface area contributed by atoms with Gasteiger partial charge in [-0.1, -0.05) is 12.1 Å². The van der Waals surface area contributed by atoms with Crippen LogP contribution >= 0.6 is 0 Å². The zero-order valence-electron chi connectivity index (χ0n) is 15.7. The largest absolute Gasteiger partial charge is 0.478 e. The number of imidazole rings is 1. The minimum Gasteiger partial charge on any atom is -0.478 e. The Kier molecular flexibility index (Phi) is 4.33. The molecule has 28 heavy (non-hydrogen) atoms. The fourth-order valence-corrected chi connectivity index (χ4v) is 2.95. The number of hydrogen-bond acceptors (Lipinski definition) is 7. The minimum absolute atomic E-state index is 0.416. The molecule has 3 aromatic heterocycles. The Hall–Kier alpha value is -3.99. The number of aromatic nitrogens is 5. The molecule has 0 atom stereocenters. The van der Waals surface area contributed by atoms with Crippen molar-refractivity contribution in [3.63, 3.8) is 0 Å². The van der Waals surface area contributed by atoms with E-state index in [1.54, 1.807) is 37.8 Å². The van der Waals surface area contributed by atoms with Crippen molar-refractivity contribution in [2.24, 2.45) is 0 Å². The van der Waals surface area contributed by atoms with Crippen LogP contribution in [0.15, 0.2) is 49.1 Å². The molecule has 4 rings (SSSR count). The Bertz CT molecular complexity index is 1170. The molecule has 0 amide bonds. The summed E-state index contributed by atoms with van der Waals surface area (Å²) >= 11 is 0. The van der Waals surface area contributed by atoms with E-state index in [4.69, 9.17) is 15.0 Å². The lowest BCUT2D eigenvalue weighted by Gasteiger charge is -2.15. The predicted octanol–water partition coefficient (Wildman–Crippen LogP) is 2.80. The summed E-state index contributed by atoms with van der Waals surface area (Å²) in [6.45, 7) is 0.